The molecule has 0 aliphatic carbocycles. The largest absolute Gasteiger partial charge is 0.477 e. The van der Waals surface area contributed by atoms with Gasteiger partial charge in [-0.25, -0.2) is 4.79 Å². The van der Waals surface area contributed by atoms with Crippen molar-refractivity contribution in [1.29, 1.82) is 5.41 Å². The highest BCUT2D eigenvalue weighted by Gasteiger charge is 2.60. The molecule has 2 fully saturated rings. The number of nitrogens with one attached hydrogen (secondary N) is 1. The number of aliphatic hydroxyl groups is 1. The number of carboxylic acid groups (broad SMARTS) is 1. The molecule has 0 radical (unpaired) electrons. The van der Waals surface area contributed by atoms with E-state index in [9.17, 15) is 19.8 Å². The third-order valence-corrected chi connectivity index (χ3v) is 6.76. The topological polar surface area (TPSA) is 105 Å². The second-order valence-electron chi connectivity index (χ2n) is 6.83. The highest BCUT2D eigenvalue weighted by Crippen LogP contribution is 2.51. The Hall–Kier alpha value is -1.54. The molecule has 3 aliphatic heterocycles. The molecule has 24 heavy (non-hydrogen) atoms. The minimum Gasteiger partial charge on any atom is -0.477 e. The van der Waals surface area contributed by atoms with E-state index in [-0.39, 0.29) is 28.8 Å². The number of hydrogen-bond acceptors (Lipinski definition) is 5. The second-order valence-corrected chi connectivity index (χ2v) is 8.17. The predicted octanol–water partition coefficient (Wildman–Crippen LogP) is 0.945. The Kier molecular flexibility index (Phi) is 4.37. The Morgan fingerprint density at radius 3 is 2.62 bits per heavy atom. The zero-order valence-corrected chi connectivity index (χ0v) is 14.8. The normalized spacial score (nSPS) is 33.6. The van der Waals surface area contributed by atoms with Gasteiger partial charge in [0.15, 0.2) is 0 Å². The van der Waals surface area contributed by atoms with Crippen molar-refractivity contribution in [3.8, 4) is 0 Å². The maximum absolute atomic E-state index is 12.3. The van der Waals surface area contributed by atoms with Gasteiger partial charge in [0.05, 0.1) is 23.9 Å². The molecular formula is C16H23N3O4S. The van der Waals surface area contributed by atoms with Gasteiger partial charge in [-0.1, -0.05) is 6.92 Å². The molecule has 0 spiro atoms. The van der Waals surface area contributed by atoms with Gasteiger partial charge in [0.1, 0.15) is 5.70 Å². The summed E-state index contributed by atoms with van der Waals surface area (Å²) in [7, 11) is 0. The van der Waals surface area contributed by atoms with Crippen molar-refractivity contribution < 1.29 is 19.8 Å². The average molecular weight is 353 g/mol. The Bertz CT molecular complexity index is 633. The number of β-lactam (4-membered cyclic amide) rings is 1. The van der Waals surface area contributed by atoms with Crippen LogP contribution in [0.1, 0.15) is 27.2 Å². The molecule has 8 heteroatoms. The van der Waals surface area contributed by atoms with Gasteiger partial charge in [-0.3, -0.25) is 10.2 Å². The predicted molar refractivity (Wildman–Crippen MR) is 90.6 cm³/mol. The summed E-state index contributed by atoms with van der Waals surface area (Å²) in [4.78, 5) is 28.1. The van der Waals surface area contributed by atoms with E-state index in [4.69, 9.17) is 5.41 Å². The molecule has 3 heterocycles. The number of thioether (sulfide) groups is 1. The summed E-state index contributed by atoms with van der Waals surface area (Å²) in [5.41, 5.74) is 0.0874. The Morgan fingerprint density at radius 1 is 1.46 bits per heavy atom. The zero-order valence-electron chi connectivity index (χ0n) is 14.0. The molecule has 1 amide bonds. The lowest BCUT2D eigenvalue weighted by molar-refractivity contribution is -0.163. The lowest BCUT2D eigenvalue weighted by Gasteiger charge is -2.46. The number of amides is 1. The van der Waals surface area contributed by atoms with Gasteiger partial charge in [-0.15, -0.1) is 11.8 Å². The van der Waals surface area contributed by atoms with Crippen LogP contribution >= 0.6 is 11.8 Å². The smallest absolute Gasteiger partial charge is 0.353 e. The third kappa shape index (κ3) is 2.52. The van der Waals surface area contributed by atoms with Crippen LogP contribution in [0.4, 0.5) is 0 Å². The van der Waals surface area contributed by atoms with E-state index in [1.807, 2.05) is 11.8 Å². The van der Waals surface area contributed by atoms with Crippen molar-refractivity contribution >= 4 is 29.5 Å². The maximum Gasteiger partial charge on any atom is 0.353 e. The highest BCUT2D eigenvalue weighted by molar-refractivity contribution is 8.03. The van der Waals surface area contributed by atoms with Crippen molar-refractivity contribution in [3.63, 3.8) is 0 Å². The number of carboxylic acids is 1. The Morgan fingerprint density at radius 2 is 2.12 bits per heavy atom. The SMILES string of the molecule is CC(=N)N1CC[C@@H](SC2=C(C(=O)O)N3C(=O)[C@H](C(C)O)[C@@H]3C2C)C1. The number of aliphatic hydroxyl groups excluding tert-OH is 1. The number of rotatable bonds is 4. The van der Waals surface area contributed by atoms with Crippen LogP contribution < -0.4 is 0 Å². The lowest BCUT2D eigenvalue weighted by Crippen LogP contribution is -2.63. The summed E-state index contributed by atoms with van der Waals surface area (Å²) in [5, 5.41) is 27.4. The molecule has 2 unspecified atom stereocenters. The number of likely N-dealkylation sites (tertiary alicyclic amines) is 1. The van der Waals surface area contributed by atoms with E-state index < -0.39 is 18.0 Å². The van der Waals surface area contributed by atoms with E-state index in [0.717, 1.165) is 24.4 Å². The van der Waals surface area contributed by atoms with Crippen LogP contribution in [-0.4, -0.2) is 68.2 Å². The molecule has 0 bridgehead atoms. The van der Waals surface area contributed by atoms with Crippen LogP contribution in [0.25, 0.3) is 0 Å². The molecule has 3 aliphatic rings. The van der Waals surface area contributed by atoms with Gasteiger partial charge < -0.3 is 20.0 Å². The summed E-state index contributed by atoms with van der Waals surface area (Å²) in [6, 6.07) is -0.256. The van der Waals surface area contributed by atoms with Crippen LogP contribution in [0, 0.1) is 17.2 Å². The molecule has 7 nitrogen and oxygen atoms in total. The molecule has 132 valence electrons. The third-order valence-electron chi connectivity index (χ3n) is 5.22. The molecule has 0 saturated carbocycles. The molecule has 5 atom stereocenters. The van der Waals surface area contributed by atoms with Gasteiger partial charge >= 0.3 is 5.97 Å². The monoisotopic (exact) mass is 353 g/mol. The first kappa shape index (κ1) is 17.3. The highest BCUT2D eigenvalue weighted by atomic mass is 32.2. The number of aliphatic carboxylic acids is 1. The fourth-order valence-corrected chi connectivity index (χ4v) is 5.48. The van der Waals surface area contributed by atoms with Crippen LogP contribution in [0.3, 0.4) is 0 Å². The van der Waals surface area contributed by atoms with E-state index in [2.05, 4.69) is 0 Å². The standard InChI is InChI=1S/C16H23N3O4S/c1-7-12-11(8(2)20)15(21)19(12)13(16(22)23)14(7)24-10-4-5-18(6-10)9(3)17/h7-8,10-12,17,20H,4-6H2,1-3H3,(H,22,23)/t7?,8?,10-,11-,12+/m1/s1. The average Bonchev–Trinajstić information content (AvgIpc) is 3.03. The maximum atomic E-state index is 12.3. The van der Waals surface area contributed by atoms with E-state index >= 15 is 0 Å². The number of carbonyl (C=O) groups is 2. The molecule has 0 aromatic carbocycles. The Labute approximate surface area is 145 Å². The molecule has 3 rings (SSSR count). The number of nitrogens with zero attached hydrogens (tertiary/aromatic N) is 2. The molecule has 0 aromatic rings. The summed E-state index contributed by atoms with van der Waals surface area (Å²) < 4.78 is 0. The first-order valence-electron chi connectivity index (χ1n) is 8.19. The van der Waals surface area contributed by atoms with Crippen molar-refractivity contribution in [2.24, 2.45) is 11.8 Å². The minimum absolute atomic E-state index is 0.0874. The van der Waals surface area contributed by atoms with Gasteiger partial charge in [-0.2, -0.15) is 0 Å². The van der Waals surface area contributed by atoms with Crippen LogP contribution in [-0.2, 0) is 9.59 Å². The molecule has 2 saturated heterocycles. The first-order chi connectivity index (χ1) is 11.2. The lowest BCUT2D eigenvalue weighted by atomic mass is 9.79. The molecule has 3 N–H and O–H groups in total. The van der Waals surface area contributed by atoms with Gasteiger partial charge in [0, 0.05) is 29.2 Å². The summed E-state index contributed by atoms with van der Waals surface area (Å²) >= 11 is 1.53. The van der Waals surface area contributed by atoms with Gasteiger partial charge in [0.2, 0.25) is 5.91 Å². The van der Waals surface area contributed by atoms with Gasteiger partial charge in [0.25, 0.3) is 0 Å². The summed E-state index contributed by atoms with van der Waals surface area (Å²) in [6.07, 6.45) is 0.116. The number of hydrogen-bond donors (Lipinski definition) is 3. The van der Waals surface area contributed by atoms with E-state index in [0.29, 0.717) is 5.84 Å². The number of amidine groups is 1. The van der Waals surface area contributed by atoms with Crippen LogP contribution in [0.15, 0.2) is 10.6 Å². The van der Waals surface area contributed by atoms with Crippen molar-refractivity contribution in [3.05, 3.63) is 10.6 Å². The fraction of sp³-hybridized carbons (Fsp3) is 0.688. The molecular weight excluding hydrogens is 330 g/mol. The number of carbonyl (C=O) groups excluding carboxylic acids is 1. The van der Waals surface area contributed by atoms with Gasteiger partial charge in [-0.05, 0) is 20.3 Å². The van der Waals surface area contributed by atoms with Crippen LogP contribution in [0.5, 0.6) is 0 Å². The van der Waals surface area contributed by atoms with Crippen molar-refractivity contribution in [2.75, 3.05) is 13.1 Å². The second kappa shape index (κ2) is 6.07. The zero-order chi connectivity index (χ0) is 17.8. The minimum atomic E-state index is -1.08. The van der Waals surface area contributed by atoms with E-state index in [1.54, 1.807) is 13.8 Å². The summed E-state index contributed by atoms with van der Waals surface area (Å²) in [6.45, 7) is 6.80. The number of fused-ring (bicyclic) bond motifs is 1. The molecule has 0 aromatic heterocycles. The fourth-order valence-electron chi connectivity index (χ4n) is 3.99. The van der Waals surface area contributed by atoms with Crippen molar-refractivity contribution in [1.82, 2.24) is 9.80 Å². The quantitative estimate of drug-likeness (QED) is 0.395. The first-order valence-corrected chi connectivity index (χ1v) is 9.07. The Balaban J connectivity index is 1.83. The van der Waals surface area contributed by atoms with Crippen LogP contribution in [0.2, 0.25) is 0 Å². The van der Waals surface area contributed by atoms with E-state index in [1.165, 1.54) is 16.7 Å². The summed E-state index contributed by atoms with van der Waals surface area (Å²) in [5.74, 6) is -1.45. The van der Waals surface area contributed by atoms with Crippen molar-refractivity contribution in [2.45, 2.75) is 44.6 Å².